The molecular formula is C22H22N4O2S2. The van der Waals surface area contributed by atoms with Gasteiger partial charge in [-0.25, -0.2) is 9.97 Å². The quantitative estimate of drug-likeness (QED) is 0.580. The zero-order valence-electron chi connectivity index (χ0n) is 16.4. The van der Waals surface area contributed by atoms with Crippen molar-refractivity contribution in [2.45, 2.75) is 23.5 Å². The molecule has 1 N–H and O–H groups in total. The van der Waals surface area contributed by atoms with Crippen LogP contribution in [0.25, 0.3) is 0 Å². The lowest BCUT2D eigenvalue weighted by atomic mass is 9.95. The number of hydrogen-bond donors (Lipinski definition) is 1. The standard InChI is InChI=1S/C22H22N4O2S2/c27-21(25-20-7-3-4-10-23-20)16-8-11-26(12-9-16)22(28)18-5-1-2-6-19(18)30-14-17-13-29-15-24-17/h1-7,10,13,15-16H,8-9,11-12,14H2,(H,23,25,27). The van der Waals surface area contributed by atoms with Crippen LogP contribution in [0, 0.1) is 5.92 Å². The molecule has 2 aromatic heterocycles. The molecule has 0 unspecified atom stereocenters. The highest BCUT2D eigenvalue weighted by atomic mass is 32.2. The molecule has 0 spiro atoms. The minimum absolute atomic E-state index is 0.0277. The summed E-state index contributed by atoms with van der Waals surface area (Å²) in [4.78, 5) is 36.9. The van der Waals surface area contributed by atoms with Gasteiger partial charge in [-0.05, 0) is 37.1 Å². The smallest absolute Gasteiger partial charge is 0.254 e. The molecule has 8 heteroatoms. The number of aromatic nitrogens is 2. The van der Waals surface area contributed by atoms with Crippen molar-refractivity contribution in [1.82, 2.24) is 14.9 Å². The number of carbonyl (C=O) groups is 2. The number of amides is 2. The lowest BCUT2D eigenvalue weighted by Crippen LogP contribution is -2.41. The predicted octanol–water partition coefficient (Wildman–Crippen LogP) is 4.32. The fourth-order valence-corrected chi connectivity index (χ4v) is 5.02. The van der Waals surface area contributed by atoms with Crippen molar-refractivity contribution in [3.8, 4) is 0 Å². The lowest BCUT2D eigenvalue weighted by molar-refractivity contribution is -0.121. The molecule has 1 aliphatic rings. The fourth-order valence-electron chi connectivity index (χ4n) is 3.41. The fraction of sp³-hybridized carbons (Fsp3) is 0.273. The van der Waals surface area contributed by atoms with Gasteiger partial charge in [0.25, 0.3) is 5.91 Å². The van der Waals surface area contributed by atoms with Gasteiger partial charge in [0.2, 0.25) is 5.91 Å². The molecular weight excluding hydrogens is 416 g/mol. The number of carbonyl (C=O) groups excluding carboxylic acids is 2. The van der Waals surface area contributed by atoms with Crippen molar-refractivity contribution in [2.75, 3.05) is 18.4 Å². The molecule has 0 aliphatic carbocycles. The van der Waals surface area contributed by atoms with Crippen molar-refractivity contribution in [1.29, 1.82) is 0 Å². The molecule has 2 amide bonds. The van der Waals surface area contributed by atoms with Gasteiger partial charge in [0.15, 0.2) is 0 Å². The molecule has 1 aliphatic heterocycles. The molecule has 1 aromatic carbocycles. The van der Waals surface area contributed by atoms with Crippen molar-refractivity contribution >= 4 is 40.7 Å². The van der Waals surface area contributed by atoms with Gasteiger partial charge in [0.05, 0.1) is 16.8 Å². The van der Waals surface area contributed by atoms with Crippen LogP contribution < -0.4 is 5.32 Å². The van der Waals surface area contributed by atoms with Crippen molar-refractivity contribution in [3.05, 3.63) is 70.8 Å². The normalized spacial score (nSPS) is 14.5. The van der Waals surface area contributed by atoms with Gasteiger partial charge in [0, 0.05) is 41.2 Å². The Morgan fingerprint density at radius 3 is 2.63 bits per heavy atom. The number of benzene rings is 1. The Morgan fingerprint density at radius 1 is 1.10 bits per heavy atom. The second-order valence-electron chi connectivity index (χ2n) is 7.04. The van der Waals surface area contributed by atoms with Crippen LogP contribution in [0.3, 0.4) is 0 Å². The first-order valence-corrected chi connectivity index (χ1v) is 11.7. The van der Waals surface area contributed by atoms with Crippen molar-refractivity contribution < 1.29 is 9.59 Å². The van der Waals surface area contributed by atoms with Gasteiger partial charge in [0.1, 0.15) is 5.82 Å². The molecule has 0 atom stereocenters. The molecule has 1 saturated heterocycles. The highest BCUT2D eigenvalue weighted by Gasteiger charge is 2.28. The van der Waals surface area contributed by atoms with Crippen LogP contribution in [-0.4, -0.2) is 39.8 Å². The Labute approximate surface area is 183 Å². The van der Waals surface area contributed by atoms with Gasteiger partial charge in [-0.15, -0.1) is 23.1 Å². The summed E-state index contributed by atoms with van der Waals surface area (Å²) in [6, 6.07) is 13.1. The summed E-state index contributed by atoms with van der Waals surface area (Å²) in [5, 5.41) is 4.89. The second kappa shape index (κ2) is 9.86. The Hall–Kier alpha value is -2.71. The number of rotatable bonds is 6. The van der Waals surface area contributed by atoms with E-state index in [0.29, 0.717) is 37.3 Å². The maximum absolute atomic E-state index is 13.1. The van der Waals surface area contributed by atoms with E-state index in [1.54, 1.807) is 35.4 Å². The number of thiazole rings is 1. The largest absolute Gasteiger partial charge is 0.339 e. The minimum atomic E-state index is -0.106. The first-order chi connectivity index (χ1) is 14.7. The number of likely N-dealkylation sites (tertiary alicyclic amines) is 1. The summed E-state index contributed by atoms with van der Waals surface area (Å²) < 4.78 is 0. The molecule has 0 saturated carbocycles. The van der Waals surface area contributed by atoms with Gasteiger partial charge in [-0.2, -0.15) is 0 Å². The van der Waals surface area contributed by atoms with E-state index in [0.717, 1.165) is 16.3 Å². The van der Waals surface area contributed by atoms with E-state index < -0.39 is 0 Å². The van der Waals surface area contributed by atoms with Gasteiger partial charge in [-0.3, -0.25) is 9.59 Å². The first-order valence-electron chi connectivity index (χ1n) is 9.81. The number of anilines is 1. The maximum atomic E-state index is 13.1. The molecule has 154 valence electrons. The highest BCUT2D eigenvalue weighted by Crippen LogP contribution is 2.28. The highest BCUT2D eigenvalue weighted by molar-refractivity contribution is 7.98. The van der Waals surface area contributed by atoms with Crippen molar-refractivity contribution in [3.63, 3.8) is 0 Å². The SMILES string of the molecule is O=C(Nc1ccccn1)C1CCN(C(=O)c2ccccc2SCc2cscn2)CC1. The number of thioether (sulfide) groups is 1. The van der Waals surface area contributed by atoms with Crippen LogP contribution in [-0.2, 0) is 10.5 Å². The van der Waals surface area contributed by atoms with E-state index in [1.165, 1.54) is 0 Å². The average Bonchev–Trinajstić information content (AvgIpc) is 3.32. The number of hydrogen-bond acceptors (Lipinski definition) is 6. The van der Waals surface area contributed by atoms with Gasteiger partial charge >= 0.3 is 0 Å². The Bertz CT molecular complexity index is 987. The van der Waals surface area contributed by atoms with Crippen LogP contribution in [0.5, 0.6) is 0 Å². The zero-order chi connectivity index (χ0) is 20.8. The molecule has 0 radical (unpaired) electrons. The number of piperidine rings is 1. The number of nitrogens with zero attached hydrogens (tertiary/aromatic N) is 3. The third kappa shape index (κ3) is 5.06. The molecule has 30 heavy (non-hydrogen) atoms. The molecule has 1 fully saturated rings. The maximum Gasteiger partial charge on any atom is 0.254 e. The second-order valence-corrected chi connectivity index (χ2v) is 8.77. The van der Waals surface area contributed by atoms with E-state index >= 15 is 0 Å². The molecule has 3 heterocycles. The zero-order valence-corrected chi connectivity index (χ0v) is 18.0. The number of nitrogens with one attached hydrogen (secondary N) is 1. The Kier molecular flexibility index (Phi) is 6.76. The number of pyridine rings is 1. The van der Waals surface area contributed by atoms with E-state index in [4.69, 9.17) is 0 Å². The molecule has 3 aromatic rings. The predicted molar refractivity (Wildman–Crippen MR) is 120 cm³/mol. The topological polar surface area (TPSA) is 75.2 Å². The van der Waals surface area contributed by atoms with Gasteiger partial charge < -0.3 is 10.2 Å². The van der Waals surface area contributed by atoms with E-state index in [9.17, 15) is 9.59 Å². The lowest BCUT2D eigenvalue weighted by Gasteiger charge is -2.31. The summed E-state index contributed by atoms with van der Waals surface area (Å²) in [6.07, 6.45) is 2.96. The van der Waals surface area contributed by atoms with E-state index in [-0.39, 0.29) is 17.7 Å². The first kappa shape index (κ1) is 20.6. The molecule has 0 bridgehead atoms. The van der Waals surface area contributed by atoms with Crippen LogP contribution in [0.4, 0.5) is 5.82 Å². The van der Waals surface area contributed by atoms with Crippen LogP contribution in [0.2, 0.25) is 0 Å². The Morgan fingerprint density at radius 2 is 1.90 bits per heavy atom. The summed E-state index contributed by atoms with van der Waals surface area (Å²) in [5.74, 6) is 1.20. The van der Waals surface area contributed by atoms with E-state index in [2.05, 4.69) is 15.3 Å². The van der Waals surface area contributed by atoms with Crippen LogP contribution >= 0.6 is 23.1 Å². The monoisotopic (exact) mass is 438 g/mol. The molecule has 6 nitrogen and oxygen atoms in total. The third-order valence-electron chi connectivity index (χ3n) is 5.05. The average molecular weight is 439 g/mol. The molecule has 4 rings (SSSR count). The summed E-state index contributed by atoms with van der Waals surface area (Å²) in [5.41, 5.74) is 3.56. The summed E-state index contributed by atoms with van der Waals surface area (Å²) >= 11 is 3.20. The van der Waals surface area contributed by atoms with Gasteiger partial charge in [-0.1, -0.05) is 18.2 Å². The Balaban J connectivity index is 1.34. The summed E-state index contributed by atoms with van der Waals surface area (Å²) in [7, 11) is 0. The van der Waals surface area contributed by atoms with Crippen LogP contribution in [0.15, 0.2) is 64.4 Å². The minimum Gasteiger partial charge on any atom is -0.339 e. The summed E-state index contributed by atoms with van der Waals surface area (Å²) in [6.45, 7) is 1.15. The van der Waals surface area contributed by atoms with Crippen LogP contribution in [0.1, 0.15) is 28.9 Å². The van der Waals surface area contributed by atoms with E-state index in [1.807, 2.05) is 52.2 Å². The van der Waals surface area contributed by atoms with Crippen molar-refractivity contribution in [2.24, 2.45) is 5.92 Å². The third-order valence-corrected chi connectivity index (χ3v) is 6.79.